The minimum Gasteiger partial charge on any atom is -0.451 e. The Bertz CT molecular complexity index is 602. The van der Waals surface area contributed by atoms with Crippen molar-refractivity contribution < 1.29 is 13.9 Å². The summed E-state index contributed by atoms with van der Waals surface area (Å²) in [6, 6.07) is 7.19. The van der Waals surface area contributed by atoms with Crippen LogP contribution < -0.4 is 0 Å². The molecule has 1 aromatic heterocycles. The van der Waals surface area contributed by atoms with E-state index in [9.17, 15) is 4.79 Å². The van der Waals surface area contributed by atoms with E-state index in [1.54, 1.807) is 12.1 Å². The normalized spacial score (nSPS) is 23.7. The lowest BCUT2D eigenvalue weighted by atomic mass is 10.1. The highest BCUT2D eigenvalue weighted by atomic mass is 35.5. The summed E-state index contributed by atoms with van der Waals surface area (Å²) in [4.78, 5) is 12.2. The van der Waals surface area contributed by atoms with E-state index in [-0.39, 0.29) is 18.0 Å². The molecule has 4 heteroatoms. The first-order valence-corrected chi connectivity index (χ1v) is 6.40. The molecule has 1 aromatic carbocycles. The summed E-state index contributed by atoms with van der Waals surface area (Å²) in [6.45, 7) is 1.97. The van der Waals surface area contributed by atoms with Crippen molar-refractivity contribution in [2.75, 3.05) is 0 Å². The van der Waals surface area contributed by atoms with Gasteiger partial charge in [0, 0.05) is 5.39 Å². The molecule has 1 fully saturated rings. The first-order valence-electron chi connectivity index (χ1n) is 6.03. The topological polar surface area (TPSA) is 39.4 Å². The number of hydrogen-bond acceptors (Lipinski definition) is 3. The summed E-state index contributed by atoms with van der Waals surface area (Å²) in [6.07, 6.45) is 1.44. The number of furan rings is 1. The van der Waals surface area contributed by atoms with E-state index in [4.69, 9.17) is 20.8 Å². The zero-order chi connectivity index (χ0) is 12.7. The van der Waals surface area contributed by atoms with E-state index in [2.05, 4.69) is 0 Å². The van der Waals surface area contributed by atoms with E-state index in [1.807, 2.05) is 19.1 Å². The van der Waals surface area contributed by atoms with Gasteiger partial charge in [-0.25, -0.2) is 0 Å². The Labute approximate surface area is 110 Å². The lowest BCUT2D eigenvalue weighted by molar-refractivity contribution is 0.0413. The van der Waals surface area contributed by atoms with E-state index in [1.165, 1.54) is 0 Å². The Kier molecular flexibility index (Phi) is 2.88. The van der Waals surface area contributed by atoms with E-state index < -0.39 is 0 Å². The summed E-state index contributed by atoms with van der Waals surface area (Å²) in [5.74, 6) is 0.240. The minimum absolute atomic E-state index is 0.0911. The number of benzene rings is 1. The maximum absolute atomic E-state index is 12.2. The number of carbonyl (C=O) groups is 1. The SMILES string of the molecule is CC1CCC(C(=O)c2cc3cccc(Cl)c3o2)O1. The maximum atomic E-state index is 12.2. The van der Waals surface area contributed by atoms with Gasteiger partial charge in [0.15, 0.2) is 11.3 Å². The van der Waals surface area contributed by atoms with E-state index in [0.717, 1.165) is 18.2 Å². The standard InChI is InChI=1S/C14H13ClO3/c1-8-5-6-11(17-8)13(16)12-7-9-3-2-4-10(15)14(9)18-12/h2-4,7-8,11H,5-6H2,1H3. The summed E-state index contributed by atoms with van der Waals surface area (Å²) in [5, 5.41) is 1.36. The molecule has 0 aliphatic carbocycles. The molecule has 0 bridgehead atoms. The molecule has 3 rings (SSSR count). The molecule has 0 amide bonds. The summed E-state index contributed by atoms with van der Waals surface area (Å²) in [7, 11) is 0. The average molecular weight is 265 g/mol. The molecule has 0 saturated carbocycles. The molecule has 0 radical (unpaired) electrons. The molecule has 18 heavy (non-hydrogen) atoms. The molecule has 0 N–H and O–H groups in total. The first-order chi connectivity index (χ1) is 8.65. The van der Waals surface area contributed by atoms with Crippen LogP contribution in [0.25, 0.3) is 11.0 Å². The molecule has 2 unspecified atom stereocenters. The molecule has 2 heterocycles. The smallest absolute Gasteiger partial charge is 0.226 e. The monoisotopic (exact) mass is 264 g/mol. The second-order valence-electron chi connectivity index (χ2n) is 4.65. The number of para-hydroxylation sites is 1. The second-order valence-corrected chi connectivity index (χ2v) is 5.05. The molecule has 1 aliphatic heterocycles. The Morgan fingerprint density at radius 3 is 2.89 bits per heavy atom. The maximum Gasteiger partial charge on any atom is 0.226 e. The number of rotatable bonds is 2. The van der Waals surface area contributed by atoms with Crippen LogP contribution >= 0.6 is 11.6 Å². The number of ketones is 1. The fourth-order valence-electron chi connectivity index (χ4n) is 2.30. The van der Waals surface area contributed by atoms with Crippen molar-refractivity contribution in [3.05, 3.63) is 35.0 Å². The summed E-state index contributed by atoms with van der Waals surface area (Å²) >= 11 is 6.02. The molecule has 1 saturated heterocycles. The number of ether oxygens (including phenoxy) is 1. The van der Waals surface area contributed by atoms with Crippen molar-refractivity contribution in [3.63, 3.8) is 0 Å². The van der Waals surface area contributed by atoms with Crippen molar-refractivity contribution in [3.8, 4) is 0 Å². The molecule has 1 aliphatic rings. The largest absolute Gasteiger partial charge is 0.451 e. The van der Waals surface area contributed by atoms with Gasteiger partial charge < -0.3 is 9.15 Å². The Balaban J connectivity index is 1.95. The zero-order valence-corrected chi connectivity index (χ0v) is 10.7. The first kappa shape index (κ1) is 11.8. The third-order valence-corrected chi connectivity index (χ3v) is 3.56. The van der Waals surface area contributed by atoms with Crippen LogP contribution in [0.15, 0.2) is 28.7 Å². The van der Waals surface area contributed by atoms with Crippen LogP contribution in [0.3, 0.4) is 0 Å². The van der Waals surface area contributed by atoms with Gasteiger partial charge in [0.2, 0.25) is 5.78 Å². The summed E-state index contributed by atoms with van der Waals surface area (Å²) in [5.41, 5.74) is 0.563. The van der Waals surface area contributed by atoms with Crippen LogP contribution in [0, 0.1) is 0 Å². The fourth-order valence-corrected chi connectivity index (χ4v) is 2.52. The van der Waals surface area contributed by atoms with Gasteiger partial charge >= 0.3 is 0 Å². The van der Waals surface area contributed by atoms with Crippen LogP contribution in [-0.4, -0.2) is 18.0 Å². The van der Waals surface area contributed by atoms with Gasteiger partial charge in [-0.15, -0.1) is 0 Å². The molecular weight excluding hydrogens is 252 g/mol. The van der Waals surface area contributed by atoms with Crippen molar-refractivity contribution in [1.29, 1.82) is 0 Å². The highest BCUT2D eigenvalue weighted by Gasteiger charge is 2.31. The van der Waals surface area contributed by atoms with Gasteiger partial charge in [0.05, 0.1) is 11.1 Å². The Hall–Kier alpha value is -1.32. The predicted molar refractivity (Wildman–Crippen MR) is 69.1 cm³/mol. The lowest BCUT2D eigenvalue weighted by Gasteiger charge is -2.07. The van der Waals surface area contributed by atoms with Crippen molar-refractivity contribution >= 4 is 28.4 Å². The van der Waals surface area contributed by atoms with Crippen LogP contribution in [0.1, 0.15) is 30.3 Å². The van der Waals surface area contributed by atoms with Gasteiger partial charge in [0.25, 0.3) is 0 Å². The molecule has 0 spiro atoms. The molecular formula is C14H13ClO3. The van der Waals surface area contributed by atoms with Gasteiger partial charge in [-0.3, -0.25) is 4.79 Å². The van der Waals surface area contributed by atoms with Crippen LogP contribution in [-0.2, 0) is 4.74 Å². The van der Waals surface area contributed by atoms with Gasteiger partial charge in [-0.05, 0) is 31.9 Å². The highest BCUT2D eigenvalue weighted by Crippen LogP contribution is 2.29. The Morgan fingerprint density at radius 1 is 1.39 bits per heavy atom. The van der Waals surface area contributed by atoms with Crippen molar-refractivity contribution in [2.45, 2.75) is 32.0 Å². The zero-order valence-electron chi connectivity index (χ0n) is 9.98. The number of halogens is 1. The molecule has 94 valence electrons. The quantitative estimate of drug-likeness (QED) is 0.774. The Morgan fingerprint density at radius 2 is 2.22 bits per heavy atom. The summed E-state index contributed by atoms with van der Waals surface area (Å²) < 4.78 is 11.1. The van der Waals surface area contributed by atoms with Crippen molar-refractivity contribution in [2.24, 2.45) is 0 Å². The lowest BCUT2D eigenvalue weighted by Crippen LogP contribution is -2.20. The number of Topliss-reactive ketones (excluding diaryl/α,β-unsaturated/α-hetero) is 1. The van der Waals surface area contributed by atoms with Crippen LogP contribution in [0.4, 0.5) is 0 Å². The van der Waals surface area contributed by atoms with Crippen molar-refractivity contribution in [1.82, 2.24) is 0 Å². The number of fused-ring (bicyclic) bond motifs is 1. The second kappa shape index (κ2) is 4.41. The third-order valence-electron chi connectivity index (χ3n) is 3.26. The minimum atomic E-state index is -0.376. The van der Waals surface area contributed by atoms with Gasteiger partial charge in [-0.2, -0.15) is 0 Å². The third kappa shape index (κ3) is 1.93. The fraction of sp³-hybridized carbons (Fsp3) is 0.357. The van der Waals surface area contributed by atoms with E-state index in [0.29, 0.717) is 16.4 Å². The molecule has 2 atom stereocenters. The average Bonchev–Trinajstić information content (AvgIpc) is 2.95. The van der Waals surface area contributed by atoms with E-state index >= 15 is 0 Å². The predicted octanol–water partition coefficient (Wildman–Crippen LogP) is 3.84. The van der Waals surface area contributed by atoms with Gasteiger partial charge in [0.1, 0.15) is 6.10 Å². The molecule has 3 nitrogen and oxygen atoms in total. The number of hydrogen-bond donors (Lipinski definition) is 0. The number of carbonyl (C=O) groups excluding carboxylic acids is 1. The van der Waals surface area contributed by atoms with Gasteiger partial charge in [-0.1, -0.05) is 23.7 Å². The highest BCUT2D eigenvalue weighted by molar-refractivity contribution is 6.34. The molecule has 2 aromatic rings. The van der Waals surface area contributed by atoms with Crippen LogP contribution in [0.5, 0.6) is 0 Å². The van der Waals surface area contributed by atoms with Crippen LogP contribution in [0.2, 0.25) is 5.02 Å².